The topological polar surface area (TPSA) is 43.4 Å². The number of allylic oxidation sites excluding steroid dienone is 1. The Morgan fingerprint density at radius 2 is 1.84 bits per heavy atom. The average Bonchev–Trinajstić information content (AvgIpc) is 2.79. The summed E-state index contributed by atoms with van der Waals surface area (Å²) in [5, 5.41) is -0.0825. The maximum Gasteiger partial charge on any atom is 0.245 e. The van der Waals surface area contributed by atoms with Gasteiger partial charge in [-0.05, 0) is 53.6 Å². The lowest BCUT2D eigenvalue weighted by Crippen LogP contribution is -2.36. The highest BCUT2D eigenvalue weighted by Gasteiger charge is 2.38. The molecule has 3 nitrogen and oxygen atoms in total. The molecular weight excluding hydrogens is 452 g/mol. The highest BCUT2D eigenvalue weighted by atomic mass is 35.5. The number of anilines is 1. The van der Waals surface area contributed by atoms with Gasteiger partial charge in [0.2, 0.25) is 10.7 Å². The van der Waals surface area contributed by atoms with Crippen LogP contribution in [0.5, 0.6) is 0 Å². The molecule has 1 aliphatic heterocycles. The van der Waals surface area contributed by atoms with Crippen molar-refractivity contribution in [1.82, 2.24) is 0 Å². The van der Waals surface area contributed by atoms with Gasteiger partial charge in [0.1, 0.15) is 23.0 Å². The van der Waals surface area contributed by atoms with Gasteiger partial charge >= 0.3 is 0 Å². The Morgan fingerprint density at radius 1 is 1.09 bits per heavy atom. The molecule has 0 amide bonds. The minimum absolute atomic E-state index is 0.0686. The maximum atomic E-state index is 13.4. The lowest BCUT2D eigenvalue weighted by Gasteiger charge is -2.29. The number of ketones is 1. The normalized spacial score (nSPS) is 16.5. The SMILES string of the molecule is CN1c2ccc(C#CCc3ccc(F)cc3)cc2C(=O)/C(=C/c2ccc(F)c(Cl)c2)[S+]1[O-]. The van der Waals surface area contributed by atoms with E-state index in [1.54, 1.807) is 37.4 Å². The van der Waals surface area contributed by atoms with Crippen LogP contribution in [0.15, 0.2) is 65.6 Å². The third-order valence-electron chi connectivity index (χ3n) is 4.92. The van der Waals surface area contributed by atoms with Crippen molar-refractivity contribution in [3.05, 3.63) is 104 Å². The minimum atomic E-state index is -1.72. The van der Waals surface area contributed by atoms with Crippen LogP contribution < -0.4 is 4.31 Å². The molecule has 1 heterocycles. The van der Waals surface area contributed by atoms with Gasteiger partial charge in [-0.2, -0.15) is 4.31 Å². The minimum Gasteiger partial charge on any atom is -0.588 e. The molecule has 0 saturated heterocycles. The highest BCUT2D eigenvalue weighted by molar-refractivity contribution is 7.97. The first-order valence-corrected chi connectivity index (χ1v) is 11.1. The number of halogens is 3. The Morgan fingerprint density at radius 3 is 2.56 bits per heavy atom. The smallest absolute Gasteiger partial charge is 0.245 e. The Balaban J connectivity index is 1.64. The summed E-state index contributed by atoms with van der Waals surface area (Å²) in [5.41, 5.74) is 2.89. The Kier molecular flexibility index (Phi) is 6.33. The number of carbonyl (C=O) groups excluding carboxylic acids is 1. The highest BCUT2D eigenvalue weighted by Crippen LogP contribution is 2.35. The molecule has 7 heteroatoms. The first-order chi connectivity index (χ1) is 15.3. The van der Waals surface area contributed by atoms with Crippen molar-refractivity contribution >= 4 is 40.5 Å². The third-order valence-corrected chi connectivity index (χ3v) is 6.58. The average molecular weight is 468 g/mol. The van der Waals surface area contributed by atoms with Gasteiger partial charge in [-0.25, -0.2) is 8.78 Å². The van der Waals surface area contributed by atoms with E-state index in [1.807, 2.05) is 0 Å². The molecule has 0 aromatic heterocycles. The molecule has 0 aliphatic carbocycles. The summed E-state index contributed by atoms with van der Waals surface area (Å²) in [7, 11) is 1.63. The third kappa shape index (κ3) is 4.56. The molecule has 3 aromatic carbocycles. The quantitative estimate of drug-likeness (QED) is 0.282. The molecule has 4 rings (SSSR count). The molecule has 1 aliphatic rings. The molecule has 3 aromatic rings. The fraction of sp³-hybridized carbons (Fsp3) is 0.0800. The van der Waals surface area contributed by atoms with Gasteiger partial charge < -0.3 is 4.55 Å². The fourth-order valence-corrected chi connectivity index (χ4v) is 4.57. The zero-order chi connectivity index (χ0) is 22.8. The van der Waals surface area contributed by atoms with Crippen LogP contribution in [0, 0.1) is 23.5 Å². The zero-order valence-corrected chi connectivity index (χ0v) is 18.4. The molecule has 0 spiro atoms. The van der Waals surface area contributed by atoms with Crippen LogP contribution in [0.4, 0.5) is 14.5 Å². The van der Waals surface area contributed by atoms with Gasteiger partial charge in [0.05, 0.1) is 23.3 Å². The van der Waals surface area contributed by atoms with E-state index in [0.717, 1.165) is 5.56 Å². The first-order valence-electron chi connectivity index (χ1n) is 9.58. The van der Waals surface area contributed by atoms with Crippen molar-refractivity contribution < 1.29 is 18.1 Å². The second kappa shape index (κ2) is 9.17. The molecule has 0 bridgehead atoms. The molecule has 0 N–H and O–H groups in total. The summed E-state index contributed by atoms with van der Waals surface area (Å²) in [6.45, 7) is 0. The van der Waals surface area contributed by atoms with E-state index in [4.69, 9.17) is 11.6 Å². The van der Waals surface area contributed by atoms with Crippen LogP contribution in [0.1, 0.15) is 27.0 Å². The monoisotopic (exact) mass is 467 g/mol. The van der Waals surface area contributed by atoms with Crippen molar-refractivity contribution in [1.29, 1.82) is 0 Å². The first kappa shape index (κ1) is 22.1. The number of nitrogens with zero attached hydrogens (tertiary/aromatic N) is 1. The lowest BCUT2D eigenvalue weighted by atomic mass is 10.0. The Labute approximate surface area is 192 Å². The van der Waals surface area contributed by atoms with E-state index < -0.39 is 17.2 Å². The van der Waals surface area contributed by atoms with Crippen LogP contribution in [0.2, 0.25) is 5.02 Å². The predicted molar refractivity (Wildman–Crippen MR) is 124 cm³/mol. The van der Waals surface area contributed by atoms with E-state index in [2.05, 4.69) is 11.8 Å². The van der Waals surface area contributed by atoms with Crippen LogP contribution in [-0.4, -0.2) is 17.4 Å². The summed E-state index contributed by atoms with van der Waals surface area (Å²) in [6, 6.07) is 15.3. The van der Waals surface area contributed by atoms with E-state index in [-0.39, 0.29) is 21.5 Å². The van der Waals surface area contributed by atoms with Gasteiger partial charge in [0, 0.05) is 18.1 Å². The molecule has 1 unspecified atom stereocenters. The number of rotatable bonds is 2. The number of fused-ring (bicyclic) bond motifs is 1. The number of carbonyl (C=O) groups is 1. The molecule has 1 atom stereocenters. The zero-order valence-electron chi connectivity index (χ0n) is 16.9. The molecule has 0 radical (unpaired) electrons. The van der Waals surface area contributed by atoms with E-state index in [1.165, 1.54) is 40.7 Å². The second-order valence-electron chi connectivity index (χ2n) is 7.09. The van der Waals surface area contributed by atoms with Crippen molar-refractivity contribution in [3.8, 4) is 11.8 Å². The second-order valence-corrected chi connectivity index (χ2v) is 8.99. The maximum absolute atomic E-state index is 13.4. The van der Waals surface area contributed by atoms with Crippen molar-refractivity contribution in [2.75, 3.05) is 11.4 Å². The van der Waals surface area contributed by atoms with Crippen molar-refractivity contribution in [3.63, 3.8) is 0 Å². The largest absolute Gasteiger partial charge is 0.588 e. The summed E-state index contributed by atoms with van der Waals surface area (Å²) < 4.78 is 40.8. The van der Waals surface area contributed by atoms with Crippen LogP contribution in [0.3, 0.4) is 0 Å². The number of hydrogen-bond acceptors (Lipinski definition) is 3. The molecule has 0 saturated carbocycles. The van der Waals surface area contributed by atoms with Crippen LogP contribution >= 0.6 is 11.6 Å². The van der Waals surface area contributed by atoms with Crippen molar-refractivity contribution in [2.45, 2.75) is 6.42 Å². The van der Waals surface area contributed by atoms with E-state index >= 15 is 0 Å². The van der Waals surface area contributed by atoms with Gasteiger partial charge in [-0.3, -0.25) is 4.79 Å². The summed E-state index contributed by atoms with van der Waals surface area (Å²) in [6.07, 6.45) is 1.89. The van der Waals surface area contributed by atoms with E-state index in [9.17, 15) is 18.1 Å². The van der Waals surface area contributed by atoms with Crippen LogP contribution in [-0.2, 0) is 17.8 Å². The standard InChI is InChI=1S/C25H16ClF2NO2S/c1-29-23-12-8-17(4-2-3-16-5-9-19(27)10-6-16)13-20(23)25(30)24(32(29)31)15-18-7-11-22(28)21(26)14-18/h5-15H,3H2,1H3/b24-15-. The van der Waals surface area contributed by atoms with Crippen molar-refractivity contribution in [2.24, 2.45) is 0 Å². The summed E-state index contributed by atoms with van der Waals surface area (Å²) in [4.78, 5) is 13.2. The number of hydrogen-bond donors (Lipinski definition) is 0. The number of Topliss-reactive ketones (excluding diaryl/α,β-unsaturated/α-hetero) is 1. The van der Waals surface area contributed by atoms with Gasteiger partial charge in [0.25, 0.3) is 0 Å². The predicted octanol–water partition coefficient (Wildman–Crippen LogP) is 5.55. The molecule has 32 heavy (non-hydrogen) atoms. The Hall–Kier alpha value is -3.11. The van der Waals surface area contributed by atoms with Crippen LogP contribution in [0.25, 0.3) is 6.08 Å². The van der Waals surface area contributed by atoms with Gasteiger partial charge in [-0.15, -0.1) is 0 Å². The molecular formula is C25H16ClF2NO2S. The van der Waals surface area contributed by atoms with Gasteiger partial charge in [-0.1, -0.05) is 41.6 Å². The van der Waals surface area contributed by atoms with Gasteiger partial charge in [0.15, 0.2) is 0 Å². The summed E-state index contributed by atoms with van der Waals surface area (Å²) >= 11 is 4.10. The number of benzene rings is 3. The fourth-order valence-electron chi connectivity index (χ4n) is 3.24. The lowest BCUT2D eigenvalue weighted by molar-refractivity contribution is 0.104. The summed E-state index contributed by atoms with van der Waals surface area (Å²) in [5.74, 6) is 4.77. The van der Waals surface area contributed by atoms with E-state index in [0.29, 0.717) is 28.8 Å². The molecule has 0 fully saturated rings. The molecule has 160 valence electrons. The Bertz CT molecular complexity index is 1300.